The summed E-state index contributed by atoms with van der Waals surface area (Å²) < 4.78 is 34.8. The number of fused-ring (bicyclic) bond motifs is 5. The number of carbonyl (C=O) groups is 5. The molecule has 0 radical (unpaired) electrons. The highest BCUT2D eigenvalue weighted by molar-refractivity contribution is 5.95. The van der Waals surface area contributed by atoms with Crippen LogP contribution >= 0.6 is 0 Å². The zero-order valence-corrected chi connectivity index (χ0v) is 76.7. The van der Waals surface area contributed by atoms with Gasteiger partial charge >= 0.3 is 29.8 Å². The molecule has 1 saturated heterocycles. The molecule has 1 aliphatic rings. The van der Waals surface area contributed by atoms with Crippen LogP contribution in [-0.2, 0) is 63.5 Å². The Kier molecular flexibility index (Phi) is 34.7. The Bertz CT molecular complexity index is 6440. The van der Waals surface area contributed by atoms with Crippen molar-refractivity contribution in [2.24, 2.45) is 11.3 Å². The minimum absolute atomic E-state index is 0.167. The molecule has 0 bridgehead atoms. The summed E-state index contributed by atoms with van der Waals surface area (Å²) in [6.45, 7) is 14.5. The minimum Gasteiger partial charge on any atom is -0.488 e. The molecule has 15 aromatic rings. The Hall–Kier alpha value is -14.3. The first-order valence-electron chi connectivity index (χ1n) is 45.0. The topological polar surface area (TPSA) is 248 Å². The summed E-state index contributed by atoms with van der Waals surface area (Å²) >= 11 is 0. The molecular weight excluding hydrogens is 1650 g/mol. The van der Waals surface area contributed by atoms with Gasteiger partial charge in [-0.15, -0.1) is 0 Å². The van der Waals surface area contributed by atoms with Gasteiger partial charge in [-0.1, -0.05) is 278 Å². The fourth-order valence-electron chi connectivity index (χ4n) is 16.3. The molecule has 2 atom stereocenters. The van der Waals surface area contributed by atoms with Crippen molar-refractivity contribution < 1.29 is 77.9 Å². The number of carboxylic acid groups (broad SMARTS) is 5. The molecule has 18 heteroatoms. The number of hydrogen-bond donors (Lipinski definition) is 5. The molecule has 0 amide bonds. The number of carboxylic acids is 5. The highest BCUT2D eigenvalue weighted by Gasteiger charge is 2.25. The predicted octanol–water partition coefficient (Wildman–Crippen LogP) is 25.8. The van der Waals surface area contributed by atoms with Crippen molar-refractivity contribution in [1.82, 2.24) is 4.90 Å². The Morgan fingerprint density at radius 2 is 0.667 bits per heavy atom. The maximum atomic E-state index is 11.7. The zero-order valence-electron chi connectivity index (χ0n) is 76.7. The molecule has 15 aromatic carbocycles. The quantitative estimate of drug-likeness (QED) is 0.0240. The molecule has 18 nitrogen and oxygen atoms in total. The molecule has 1 aliphatic heterocycles. The van der Waals surface area contributed by atoms with E-state index in [0.29, 0.717) is 80.3 Å². The molecule has 132 heavy (non-hydrogen) atoms. The number of hydrogen-bond acceptors (Lipinski definition) is 13. The van der Waals surface area contributed by atoms with Crippen LogP contribution in [0.3, 0.4) is 0 Å². The molecule has 2 unspecified atom stereocenters. The number of nitrogens with zero attached hydrogens (tertiary/aromatic N) is 2. The van der Waals surface area contributed by atoms with E-state index < -0.39 is 29.8 Å². The van der Waals surface area contributed by atoms with E-state index in [1.807, 2.05) is 213 Å². The summed E-state index contributed by atoms with van der Waals surface area (Å²) in [5.74, 6) is -2.31. The minimum atomic E-state index is -0.992. The van der Waals surface area contributed by atoms with E-state index in [2.05, 4.69) is 113 Å². The van der Waals surface area contributed by atoms with E-state index in [1.54, 1.807) is 49.6 Å². The Morgan fingerprint density at radius 3 is 0.962 bits per heavy atom. The van der Waals surface area contributed by atoms with Gasteiger partial charge in [0.15, 0.2) is 0 Å². The molecule has 0 spiro atoms. The van der Waals surface area contributed by atoms with Crippen molar-refractivity contribution in [3.8, 4) is 28.7 Å². The van der Waals surface area contributed by atoms with Crippen molar-refractivity contribution in [2.75, 3.05) is 46.3 Å². The standard InChI is InChI=1S/C26H29NO3.C25H28O3.C22H22O4.C21H20O3.C20H19NO3/c1-27-16-6-12-22(27)11-4-7-19-14-15-24(26(28)29)25(17-19)30-18-21-10-5-9-20-8-2-3-13-23(20)21;1-17(25(2,3)4)14-18-12-13-22(24(26)27)23(15-18)28-16-20-10-7-9-19-8-5-6-11-21(19)20;1-25-13-5-6-16-11-12-20(22(23)24)21(14-16)26-15-18-9-4-8-17-7-2-3-10-19(17)18;1-2-6-15-11-12-19(21(22)23)20(13-15)24-14-17-9-5-8-16-7-3-4-10-18(16)17;1-21(2)16-10-11-18(20(22)23)19(12-16)24-13-15-8-5-7-14-6-3-4-9-17(14)15/h2-3,5,8-10,13-15,17,22H,4,6-7,11-12,16,18H2,1H3,(H,28,29);5-13,15,17H,14,16H2,1-4H3,(H,26,27);2-4,7-12,14H,5-6,13,15H2,1H3,(H,23,24);3-5,7-13H,2,6,14H2,1H3,(H,22,23);3-12H,13H2,1-2H3,(H,22,23). The van der Waals surface area contributed by atoms with Crippen LogP contribution in [0.15, 0.2) is 303 Å². The van der Waals surface area contributed by atoms with Gasteiger partial charge in [0.05, 0.1) is 0 Å². The van der Waals surface area contributed by atoms with Crippen LogP contribution in [0, 0.1) is 11.3 Å². The fraction of sp³-hybridized carbons (Fsp3) is 0.254. The lowest BCUT2D eigenvalue weighted by atomic mass is 9.78. The van der Waals surface area contributed by atoms with Gasteiger partial charge in [-0.2, -0.15) is 0 Å². The van der Waals surface area contributed by atoms with Crippen LogP contribution in [0.5, 0.6) is 28.7 Å². The summed E-state index contributed by atoms with van der Waals surface area (Å²) in [6.07, 6.45) is 10.3. The van der Waals surface area contributed by atoms with Gasteiger partial charge in [0.1, 0.15) is 89.6 Å². The van der Waals surface area contributed by atoms with E-state index in [9.17, 15) is 49.5 Å². The number of benzene rings is 15. The van der Waals surface area contributed by atoms with Gasteiger partial charge < -0.3 is 63.8 Å². The highest BCUT2D eigenvalue weighted by Crippen LogP contribution is 2.36. The van der Waals surface area contributed by atoms with Gasteiger partial charge in [0.25, 0.3) is 0 Å². The van der Waals surface area contributed by atoms with Crippen molar-refractivity contribution in [2.45, 2.75) is 138 Å². The lowest BCUT2D eigenvalue weighted by Crippen LogP contribution is -2.24. The average molecular weight is 1770 g/mol. The molecular formula is C114H118N2O16. The normalized spacial score (nSPS) is 12.5. The Labute approximate surface area is 773 Å². The summed E-state index contributed by atoms with van der Waals surface area (Å²) in [6, 6.07) is 98.3. The molecule has 16 rings (SSSR count). The highest BCUT2D eigenvalue weighted by atomic mass is 16.5. The van der Waals surface area contributed by atoms with E-state index in [0.717, 1.165) is 155 Å². The van der Waals surface area contributed by atoms with E-state index >= 15 is 0 Å². The maximum absolute atomic E-state index is 11.7. The molecule has 1 heterocycles. The second kappa shape index (κ2) is 47.3. The van der Waals surface area contributed by atoms with Crippen LogP contribution in [0.25, 0.3) is 53.9 Å². The van der Waals surface area contributed by atoms with Crippen molar-refractivity contribution in [3.63, 3.8) is 0 Å². The van der Waals surface area contributed by atoms with Gasteiger partial charge in [-0.3, -0.25) is 0 Å². The van der Waals surface area contributed by atoms with E-state index in [4.69, 9.17) is 28.4 Å². The first-order chi connectivity index (χ1) is 63.8. The third kappa shape index (κ3) is 26.7. The largest absolute Gasteiger partial charge is 0.488 e. The number of aryl methyl sites for hydroxylation is 3. The average Bonchev–Trinajstić information content (AvgIpc) is 1.00. The third-order valence-electron chi connectivity index (χ3n) is 24.2. The van der Waals surface area contributed by atoms with Crippen molar-refractivity contribution >= 4 is 89.4 Å². The second-order valence-corrected chi connectivity index (χ2v) is 34.5. The molecule has 0 aliphatic carbocycles. The maximum Gasteiger partial charge on any atom is 0.339 e. The van der Waals surface area contributed by atoms with Gasteiger partial charge in [0.2, 0.25) is 0 Å². The summed E-state index contributed by atoms with van der Waals surface area (Å²) in [7, 11) is 7.69. The lowest BCUT2D eigenvalue weighted by molar-refractivity contribution is 0.0680. The summed E-state index contributed by atoms with van der Waals surface area (Å²) in [4.78, 5) is 62.1. The van der Waals surface area contributed by atoms with Crippen molar-refractivity contribution in [3.05, 3.63) is 381 Å². The summed E-state index contributed by atoms with van der Waals surface area (Å²) in [5.41, 5.74) is 11.6. The van der Waals surface area contributed by atoms with Crippen LogP contribution in [0.1, 0.15) is 175 Å². The van der Waals surface area contributed by atoms with Crippen LogP contribution in [0.4, 0.5) is 5.69 Å². The first kappa shape index (κ1) is 96.7. The van der Waals surface area contributed by atoms with Gasteiger partial charge in [0, 0.05) is 45.6 Å². The molecule has 1 fully saturated rings. The van der Waals surface area contributed by atoms with Crippen LogP contribution < -0.4 is 28.6 Å². The SMILES string of the molecule is CC(Cc1ccc(C(=O)O)c(OCc2cccc3ccccc23)c1)C(C)(C)C.CCCc1ccc(C(=O)O)c(OCc2cccc3ccccc23)c1.CN(C)c1ccc(C(=O)O)c(OCc2cccc3ccccc23)c1.CN1CCCC1CCCc1ccc(C(=O)O)c(OCc2cccc3ccccc23)c1.COCCCc1ccc(C(=O)O)c(OCc2cccc3ccccc23)c1. The van der Waals surface area contributed by atoms with E-state index in [1.165, 1.54) is 25.8 Å². The molecule has 0 saturated carbocycles. The molecule has 0 aromatic heterocycles. The number of methoxy groups -OCH3 is 1. The zero-order chi connectivity index (χ0) is 93.6. The van der Waals surface area contributed by atoms with E-state index in [-0.39, 0.29) is 33.2 Å². The fourth-order valence-corrected chi connectivity index (χ4v) is 16.3. The van der Waals surface area contributed by atoms with Gasteiger partial charge in [-0.05, 0) is 247 Å². The number of rotatable bonds is 33. The number of aromatic carboxylic acids is 5. The lowest BCUT2D eigenvalue weighted by Gasteiger charge is -2.27. The smallest absolute Gasteiger partial charge is 0.339 e. The predicted molar refractivity (Wildman–Crippen MR) is 528 cm³/mol. The Morgan fingerprint density at radius 1 is 0.379 bits per heavy atom. The molecule has 5 N–H and O–H groups in total. The van der Waals surface area contributed by atoms with Crippen LogP contribution in [-0.4, -0.2) is 108 Å². The van der Waals surface area contributed by atoms with Crippen LogP contribution in [0.2, 0.25) is 0 Å². The first-order valence-corrected chi connectivity index (χ1v) is 45.0. The van der Waals surface area contributed by atoms with Crippen molar-refractivity contribution in [1.29, 1.82) is 0 Å². The number of likely N-dealkylation sites (tertiary alicyclic amines) is 1. The summed E-state index contributed by atoms with van der Waals surface area (Å²) in [5, 5.41) is 58.7. The monoisotopic (exact) mass is 1770 g/mol. The number of anilines is 1. The third-order valence-corrected chi connectivity index (χ3v) is 24.2. The molecule has 680 valence electrons. The second-order valence-electron chi connectivity index (χ2n) is 34.5. The Balaban J connectivity index is 0.000000149. The van der Waals surface area contributed by atoms with Gasteiger partial charge in [-0.25, -0.2) is 24.0 Å². The number of ether oxygens (including phenoxy) is 6.